The maximum atomic E-state index is 6.02. The highest BCUT2D eigenvalue weighted by Crippen LogP contribution is 2.40. The summed E-state index contributed by atoms with van der Waals surface area (Å²) in [6, 6.07) is 3.68. The molecule has 2 rings (SSSR count). The lowest BCUT2D eigenvalue weighted by Gasteiger charge is -2.04. The van der Waals surface area contributed by atoms with Crippen molar-refractivity contribution in [2.24, 2.45) is 16.7 Å². The molecular weight excluding hydrogens is 250 g/mol. The van der Waals surface area contributed by atoms with Crippen molar-refractivity contribution in [3.8, 4) is 11.5 Å². The predicted molar refractivity (Wildman–Crippen MR) is 64.7 cm³/mol. The second-order valence-corrected chi connectivity index (χ2v) is 4.47. The van der Waals surface area contributed by atoms with E-state index in [0.29, 0.717) is 27.4 Å². The normalized spacial score (nSPS) is 14.2. The molecule has 0 atom stereocenters. The monoisotopic (exact) mass is 259 g/mol. The molecule has 1 aliphatic rings. The molecule has 0 amide bonds. The van der Waals surface area contributed by atoms with E-state index in [0.717, 1.165) is 5.56 Å². The molecule has 0 radical (unpaired) electrons. The minimum atomic E-state index is 0.206. The number of thioether (sulfide) groups is 1. The van der Waals surface area contributed by atoms with Gasteiger partial charge >= 0.3 is 0 Å². The molecule has 1 heterocycles. The summed E-state index contributed by atoms with van der Waals surface area (Å²) in [5.74, 6) is 6.91. The van der Waals surface area contributed by atoms with E-state index < -0.39 is 0 Å². The Morgan fingerprint density at radius 1 is 1.50 bits per heavy atom. The first-order valence-corrected chi connectivity index (χ1v) is 5.81. The number of rotatable bonds is 2. The van der Waals surface area contributed by atoms with Crippen LogP contribution in [0.3, 0.4) is 0 Å². The number of nitrogens with zero attached hydrogens (tertiary/aromatic N) is 1. The number of ether oxygens (including phenoxy) is 2. The number of hydrogen-bond donors (Lipinski definition) is 2. The van der Waals surface area contributed by atoms with Gasteiger partial charge in [0.2, 0.25) is 6.79 Å². The summed E-state index contributed by atoms with van der Waals surface area (Å²) in [4.78, 5) is 0. The van der Waals surface area contributed by atoms with Crippen LogP contribution < -0.4 is 21.1 Å². The fraction of sp³-hybridized carbons (Fsp3) is 0.222. The summed E-state index contributed by atoms with van der Waals surface area (Å²) >= 11 is 7.35. The fourth-order valence-corrected chi connectivity index (χ4v) is 2.14. The van der Waals surface area contributed by atoms with Crippen LogP contribution >= 0.6 is 23.4 Å². The predicted octanol–water partition coefficient (Wildman–Crippen LogP) is 1.49. The molecule has 0 saturated carbocycles. The van der Waals surface area contributed by atoms with Crippen LogP contribution in [0.25, 0.3) is 0 Å². The first kappa shape index (κ1) is 11.2. The van der Waals surface area contributed by atoms with Crippen LogP contribution in [-0.2, 0) is 5.75 Å². The Kier molecular flexibility index (Phi) is 3.31. The molecule has 1 aromatic rings. The standard InChI is InChI=1S/C9H10ClN3O2S/c10-6-1-5(3-16-9(11)13-12)2-7-8(6)15-4-14-7/h1-2H,3-4,12H2,(H2,11,13). The van der Waals surface area contributed by atoms with Crippen LogP contribution in [0.15, 0.2) is 17.2 Å². The lowest BCUT2D eigenvalue weighted by atomic mass is 10.2. The van der Waals surface area contributed by atoms with Crippen molar-refractivity contribution in [3.05, 3.63) is 22.7 Å². The van der Waals surface area contributed by atoms with Gasteiger partial charge < -0.3 is 21.1 Å². The number of hydrazone groups is 1. The van der Waals surface area contributed by atoms with Crippen LogP contribution in [-0.4, -0.2) is 12.0 Å². The van der Waals surface area contributed by atoms with Crippen molar-refractivity contribution in [2.75, 3.05) is 6.79 Å². The van der Waals surface area contributed by atoms with Gasteiger partial charge in [-0.05, 0) is 17.7 Å². The lowest BCUT2D eigenvalue weighted by Crippen LogP contribution is -2.09. The summed E-state index contributed by atoms with van der Waals surface area (Å²) in [6.45, 7) is 0.206. The molecule has 0 aliphatic carbocycles. The van der Waals surface area contributed by atoms with Gasteiger partial charge in [0.15, 0.2) is 16.7 Å². The van der Waals surface area contributed by atoms with Crippen molar-refractivity contribution in [3.63, 3.8) is 0 Å². The molecule has 7 heteroatoms. The molecule has 0 fully saturated rings. The molecule has 0 aromatic heterocycles. The van der Waals surface area contributed by atoms with Crippen molar-refractivity contribution < 1.29 is 9.47 Å². The Balaban J connectivity index is 2.14. The largest absolute Gasteiger partial charge is 0.454 e. The van der Waals surface area contributed by atoms with Gasteiger partial charge in [-0.2, -0.15) is 5.10 Å². The van der Waals surface area contributed by atoms with E-state index >= 15 is 0 Å². The molecule has 4 N–H and O–H groups in total. The van der Waals surface area contributed by atoms with E-state index in [1.54, 1.807) is 0 Å². The summed E-state index contributed by atoms with van der Waals surface area (Å²) in [7, 11) is 0. The van der Waals surface area contributed by atoms with Gasteiger partial charge in [0.1, 0.15) is 0 Å². The maximum Gasteiger partial charge on any atom is 0.231 e. The zero-order valence-electron chi connectivity index (χ0n) is 8.27. The third-order valence-corrected chi connectivity index (χ3v) is 3.16. The summed E-state index contributed by atoms with van der Waals surface area (Å²) in [5.41, 5.74) is 6.45. The number of benzene rings is 1. The second-order valence-electron chi connectivity index (χ2n) is 3.07. The first-order chi connectivity index (χ1) is 7.70. The Labute approximate surface area is 102 Å². The van der Waals surface area contributed by atoms with Gasteiger partial charge in [-0.1, -0.05) is 23.4 Å². The SMILES string of the molecule is NN=C(N)SCc1cc(Cl)c2c(c1)OCO2. The van der Waals surface area contributed by atoms with E-state index in [4.69, 9.17) is 32.7 Å². The Morgan fingerprint density at radius 2 is 2.31 bits per heavy atom. The minimum Gasteiger partial charge on any atom is -0.454 e. The van der Waals surface area contributed by atoms with E-state index in [1.807, 2.05) is 12.1 Å². The molecule has 1 aliphatic heterocycles. The summed E-state index contributed by atoms with van der Waals surface area (Å²) < 4.78 is 10.5. The third kappa shape index (κ3) is 2.28. The molecule has 0 saturated heterocycles. The third-order valence-electron chi connectivity index (χ3n) is 2.00. The molecule has 0 unspecified atom stereocenters. The smallest absolute Gasteiger partial charge is 0.231 e. The van der Waals surface area contributed by atoms with Gasteiger partial charge in [-0.15, -0.1) is 0 Å². The number of nitrogens with two attached hydrogens (primary N) is 2. The van der Waals surface area contributed by atoms with Gasteiger partial charge in [-0.25, -0.2) is 0 Å². The lowest BCUT2D eigenvalue weighted by molar-refractivity contribution is 0.174. The second kappa shape index (κ2) is 4.71. The summed E-state index contributed by atoms with van der Waals surface area (Å²) in [6.07, 6.45) is 0. The number of amidine groups is 1. The molecule has 5 nitrogen and oxygen atoms in total. The van der Waals surface area contributed by atoms with Gasteiger partial charge in [0, 0.05) is 5.75 Å². The van der Waals surface area contributed by atoms with Crippen LogP contribution in [0, 0.1) is 0 Å². The van der Waals surface area contributed by atoms with E-state index in [9.17, 15) is 0 Å². The zero-order valence-corrected chi connectivity index (χ0v) is 9.85. The number of halogens is 1. The molecule has 16 heavy (non-hydrogen) atoms. The maximum absolute atomic E-state index is 6.02. The van der Waals surface area contributed by atoms with E-state index in [1.165, 1.54) is 11.8 Å². The van der Waals surface area contributed by atoms with Gasteiger partial charge in [-0.3, -0.25) is 0 Å². The molecule has 0 spiro atoms. The van der Waals surface area contributed by atoms with Crippen molar-refractivity contribution in [1.82, 2.24) is 0 Å². The molecular formula is C9H10ClN3O2S. The van der Waals surface area contributed by atoms with Crippen LogP contribution in [0.4, 0.5) is 0 Å². The first-order valence-electron chi connectivity index (χ1n) is 4.45. The average Bonchev–Trinajstić information content (AvgIpc) is 2.74. The molecule has 86 valence electrons. The highest BCUT2D eigenvalue weighted by Gasteiger charge is 2.18. The number of fused-ring (bicyclic) bond motifs is 1. The van der Waals surface area contributed by atoms with Crippen molar-refractivity contribution in [1.29, 1.82) is 0 Å². The van der Waals surface area contributed by atoms with E-state index in [2.05, 4.69) is 5.10 Å². The quantitative estimate of drug-likeness (QED) is 0.364. The van der Waals surface area contributed by atoms with Crippen molar-refractivity contribution >= 4 is 28.5 Å². The topological polar surface area (TPSA) is 82.9 Å². The Hall–Kier alpha value is -1.27. The van der Waals surface area contributed by atoms with Crippen LogP contribution in [0.1, 0.15) is 5.56 Å². The van der Waals surface area contributed by atoms with E-state index in [-0.39, 0.29) is 6.79 Å². The summed E-state index contributed by atoms with van der Waals surface area (Å²) in [5, 5.41) is 4.23. The Morgan fingerprint density at radius 3 is 3.06 bits per heavy atom. The van der Waals surface area contributed by atoms with Crippen LogP contribution in [0.2, 0.25) is 5.02 Å². The highest BCUT2D eigenvalue weighted by atomic mass is 35.5. The highest BCUT2D eigenvalue weighted by molar-refractivity contribution is 8.13. The van der Waals surface area contributed by atoms with Crippen molar-refractivity contribution in [2.45, 2.75) is 5.75 Å². The minimum absolute atomic E-state index is 0.206. The Bertz CT molecular complexity index is 439. The molecule has 1 aromatic carbocycles. The van der Waals surface area contributed by atoms with Gasteiger partial charge in [0.25, 0.3) is 0 Å². The molecule has 0 bridgehead atoms. The fourth-order valence-electron chi connectivity index (χ4n) is 1.30. The average molecular weight is 260 g/mol. The van der Waals surface area contributed by atoms with Gasteiger partial charge in [0.05, 0.1) is 5.02 Å². The number of hydrogen-bond acceptors (Lipinski definition) is 5. The van der Waals surface area contributed by atoms with Crippen LogP contribution in [0.5, 0.6) is 11.5 Å². The zero-order chi connectivity index (χ0) is 11.5.